The average molecular weight is 289 g/mol. The summed E-state index contributed by atoms with van der Waals surface area (Å²) >= 11 is 1.40. The maximum Gasteiger partial charge on any atom is 0.270 e. The van der Waals surface area contributed by atoms with Gasteiger partial charge in [-0.15, -0.1) is 11.3 Å². The first-order valence-corrected chi connectivity index (χ1v) is 7.44. The third-order valence-corrected chi connectivity index (χ3v) is 4.06. The highest BCUT2D eigenvalue weighted by molar-refractivity contribution is 7.13. The molecule has 1 aliphatic heterocycles. The fraction of sp³-hybridized carbons (Fsp3) is 0.385. The van der Waals surface area contributed by atoms with E-state index >= 15 is 0 Å². The number of hydrogen-bond acceptors (Lipinski definition) is 6. The zero-order chi connectivity index (χ0) is 13.8. The summed E-state index contributed by atoms with van der Waals surface area (Å²) in [6.07, 6.45) is 7.15. The van der Waals surface area contributed by atoms with Crippen molar-refractivity contribution in [1.29, 1.82) is 0 Å². The van der Waals surface area contributed by atoms with Gasteiger partial charge in [-0.3, -0.25) is 14.8 Å². The molecule has 0 bridgehead atoms. The molecular formula is C13H15N5OS. The van der Waals surface area contributed by atoms with E-state index in [1.807, 2.05) is 0 Å². The summed E-state index contributed by atoms with van der Waals surface area (Å²) in [7, 11) is 0. The average Bonchev–Trinajstić information content (AvgIpc) is 3.17. The van der Waals surface area contributed by atoms with Crippen molar-refractivity contribution in [1.82, 2.24) is 25.6 Å². The van der Waals surface area contributed by atoms with Gasteiger partial charge in [-0.25, -0.2) is 4.98 Å². The van der Waals surface area contributed by atoms with Gasteiger partial charge in [0.15, 0.2) is 0 Å². The summed E-state index contributed by atoms with van der Waals surface area (Å²) in [5, 5.41) is 8.72. The lowest BCUT2D eigenvalue weighted by Gasteiger charge is -2.10. The molecule has 0 aliphatic carbocycles. The van der Waals surface area contributed by atoms with Crippen molar-refractivity contribution in [3.05, 3.63) is 29.7 Å². The second kappa shape index (κ2) is 6.06. The van der Waals surface area contributed by atoms with E-state index in [2.05, 4.69) is 25.6 Å². The zero-order valence-corrected chi connectivity index (χ0v) is 11.7. The van der Waals surface area contributed by atoms with Gasteiger partial charge < -0.3 is 10.6 Å². The Morgan fingerprint density at radius 1 is 1.50 bits per heavy atom. The molecule has 3 rings (SSSR count). The molecular weight excluding hydrogens is 274 g/mol. The van der Waals surface area contributed by atoms with E-state index in [0.29, 0.717) is 29.0 Å². The topological polar surface area (TPSA) is 79.8 Å². The first-order valence-electron chi connectivity index (χ1n) is 6.56. The lowest BCUT2D eigenvalue weighted by molar-refractivity contribution is 0.0946. The normalized spacial score (nSPS) is 18.1. The minimum Gasteiger partial charge on any atom is -0.349 e. The number of amides is 1. The Morgan fingerprint density at radius 3 is 3.20 bits per heavy atom. The van der Waals surface area contributed by atoms with Gasteiger partial charge in [-0.1, -0.05) is 0 Å². The molecule has 0 aromatic carbocycles. The van der Waals surface area contributed by atoms with Crippen molar-refractivity contribution in [2.24, 2.45) is 0 Å². The zero-order valence-electron chi connectivity index (χ0n) is 10.9. The SMILES string of the molecule is O=C(NCC1CCCN1)c1csc(-c2cnccn2)n1. The quantitative estimate of drug-likeness (QED) is 0.880. The van der Waals surface area contributed by atoms with Crippen molar-refractivity contribution in [2.45, 2.75) is 18.9 Å². The predicted molar refractivity (Wildman–Crippen MR) is 76.5 cm³/mol. The van der Waals surface area contributed by atoms with Crippen molar-refractivity contribution in [3.8, 4) is 10.7 Å². The van der Waals surface area contributed by atoms with Crippen LogP contribution in [0.5, 0.6) is 0 Å². The number of thiazole rings is 1. The smallest absolute Gasteiger partial charge is 0.270 e. The van der Waals surface area contributed by atoms with Gasteiger partial charge in [0.1, 0.15) is 16.4 Å². The van der Waals surface area contributed by atoms with Gasteiger partial charge in [0, 0.05) is 30.4 Å². The summed E-state index contributed by atoms with van der Waals surface area (Å²) in [5.41, 5.74) is 1.13. The van der Waals surface area contributed by atoms with Crippen LogP contribution < -0.4 is 10.6 Å². The highest BCUT2D eigenvalue weighted by Crippen LogP contribution is 2.20. The van der Waals surface area contributed by atoms with Gasteiger partial charge >= 0.3 is 0 Å². The number of carbonyl (C=O) groups is 1. The molecule has 1 saturated heterocycles. The van der Waals surface area contributed by atoms with Crippen molar-refractivity contribution < 1.29 is 4.79 Å². The molecule has 1 unspecified atom stereocenters. The van der Waals surface area contributed by atoms with Crippen LogP contribution in [0.15, 0.2) is 24.0 Å². The van der Waals surface area contributed by atoms with Crippen LogP contribution in [0.25, 0.3) is 10.7 Å². The van der Waals surface area contributed by atoms with Crippen LogP contribution in [0.3, 0.4) is 0 Å². The number of aromatic nitrogens is 3. The maximum atomic E-state index is 12.0. The Labute approximate surface area is 120 Å². The van der Waals surface area contributed by atoms with Gasteiger partial charge in [0.25, 0.3) is 5.91 Å². The van der Waals surface area contributed by atoms with E-state index < -0.39 is 0 Å². The Balaban J connectivity index is 1.62. The molecule has 2 aromatic rings. The van der Waals surface area contributed by atoms with Gasteiger partial charge in [-0.05, 0) is 19.4 Å². The molecule has 6 nitrogen and oxygen atoms in total. The summed E-state index contributed by atoms with van der Waals surface area (Å²) in [6.45, 7) is 1.69. The Morgan fingerprint density at radius 2 is 2.45 bits per heavy atom. The standard InChI is InChI=1S/C13H15N5OS/c19-12(17-6-9-2-1-3-15-9)11-8-20-13(18-11)10-7-14-4-5-16-10/h4-5,7-9,15H,1-3,6H2,(H,17,19). The molecule has 0 saturated carbocycles. The number of hydrogen-bond donors (Lipinski definition) is 2. The molecule has 3 heterocycles. The molecule has 1 amide bonds. The molecule has 7 heteroatoms. The van der Waals surface area contributed by atoms with E-state index in [0.717, 1.165) is 13.0 Å². The molecule has 2 N–H and O–H groups in total. The van der Waals surface area contributed by atoms with E-state index in [1.165, 1.54) is 17.8 Å². The van der Waals surface area contributed by atoms with Crippen LogP contribution in [-0.2, 0) is 0 Å². The molecule has 20 heavy (non-hydrogen) atoms. The summed E-state index contributed by atoms with van der Waals surface area (Å²) in [6, 6.07) is 0.386. The van der Waals surface area contributed by atoms with Gasteiger partial charge in [0.2, 0.25) is 0 Å². The van der Waals surface area contributed by atoms with E-state index in [4.69, 9.17) is 0 Å². The van der Waals surface area contributed by atoms with Crippen LogP contribution >= 0.6 is 11.3 Å². The Hall–Kier alpha value is -1.86. The Bertz CT molecular complexity index is 579. The van der Waals surface area contributed by atoms with Crippen LogP contribution in [0, 0.1) is 0 Å². The van der Waals surface area contributed by atoms with Gasteiger partial charge in [-0.2, -0.15) is 0 Å². The van der Waals surface area contributed by atoms with Gasteiger partial charge in [0.05, 0.1) is 6.20 Å². The van der Waals surface area contributed by atoms with Crippen LogP contribution in [0.4, 0.5) is 0 Å². The molecule has 1 fully saturated rings. The largest absolute Gasteiger partial charge is 0.349 e. The lowest BCUT2D eigenvalue weighted by Crippen LogP contribution is -2.37. The fourth-order valence-electron chi connectivity index (χ4n) is 2.14. The van der Waals surface area contributed by atoms with Crippen molar-refractivity contribution in [3.63, 3.8) is 0 Å². The molecule has 0 spiro atoms. The van der Waals surface area contributed by atoms with Crippen LogP contribution in [0.2, 0.25) is 0 Å². The minimum atomic E-state index is -0.134. The molecule has 104 valence electrons. The highest BCUT2D eigenvalue weighted by atomic mass is 32.1. The van der Waals surface area contributed by atoms with Crippen LogP contribution in [0.1, 0.15) is 23.3 Å². The second-order valence-electron chi connectivity index (χ2n) is 4.63. The third kappa shape index (κ3) is 3.00. The minimum absolute atomic E-state index is 0.134. The van der Waals surface area contributed by atoms with E-state index in [9.17, 15) is 4.79 Å². The monoisotopic (exact) mass is 289 g/mol. The predicted octanol–water partition coefficient (Wildman–Crippen LogP) is 1.08. The summed E-state index contributed by atoms with van der Waals surface area (Å²) in [5.74, 6) is -0.134. The number of carbonyl (C=O) groups excluding carboxylic acids is 1. The number of nitrogens with zero attached hydrogens (tertiary/aromatic N) is 3. The van der Waals surface area contributed by atoms with Crippen LogP contribution in [-0.4, -0.2) is 40.0 Å². The Kier molecular flexibility index (Phi) is 3.98. The van der Waals surface area contributed by atoms with Crippen molar-refractivity contribution in [2.75, 3.05) is 13.1 Å². The highest BCUT2D eigenvalue weighted by Gasteiger charge is 2.17. The second-order valence-corrected chi connectivity index (χ2v) is 5.49. The lowest BCUT2D eigenvalue weighted by atomic mass is 10.2. The summed E-state index contributed by atoms with van der Waals surface area (Å²) in [4.78, 5) is 24.5. The molecule has 0 radical (unpaired) electrons. The number of nitrogens with one attached hydrogen (secondary N) is 2. The van der Waals surface area contributed by atoms with E-state index in [1.54, 1.807) is 24.0 Å². The number of rotatable bonds is 4. The van der Waals surface area contributed by atoms with Crippen molar-refractivity contribution >= 4 is 17.2 Å². The molecule has 1 aliphatic rings. The van der Waals surface area contributed by atoms with E-state index in [-0.39, 0.29) is 5.91 Å². The maximum absolute atomic E-state index is 12.0. The molecule has 2 aromatic heterocycles. The fourth-order valence-corrected chi connectivity index (χ4v) is 2.90. The molecule has 1 atom stereocenters. The first kappa shape index (κ1) is 13.1. The first-order chi connectivity index (χ1) is 9.83. The summed E-state index contributed by atoms with van der Waals surface area (Å²) < 4.78 is 0. The third-order valence-electron chi connectivity index (χ3n) is 3.19.